The van der Waals surface area contributed by atoms with Crippen molar-refractivity contribution in [2.45, 2.75) is 58.4 Å². The van der Waals surface area contributed by atoms with Crippen LogP contribution in [0.15, 0.2) is 24.3 Å². The van der Waals surface area contributed by atoms with Crippen LogP contribution in [-0.4, -0.2) is 24.3 Å². The van der Waals surface area contributed by atoms with Gasteiger partial charge in [0.25, 0.3) is 0 Å². The first-order chi connectivity index (χ1) is 11.1. The largest absolute Gasteiger partial charge is 0.494 e. The monoisotopic (exact) mass is 317 g/mol. The van der Waals surface area contributed by atoms with Crippen LogP contribution in [0.2, 0.25) is 0 Å². The van der Waals surface area contributed by atoms with E-state index in [0.29, 0.717) is 24.1 Å². The van der Waals surface area contributed by atoms with Gasteiger partial charge in [-0.1, -0.05) is 26.7 Å². The third kappa shape index (κ3) is 6.05. The van der Waals surface area contributed by atoms with Crippen LogP contribution in [0.4, 0.5) is 0 Å². The van der Waals surface area contributed by atoms with Crippen LogP contribution in [0.25, 0.3) is 0 Å². The number of ketones is 1. The zero-order chi connectivity index (χ0) is 16.7. The summed E-state index contributed by atoms with van der Waals surface area (Å²) in [5, 5.41) is 2.94. The second kappa shape index (κ2) is 8.70. The normalized spacial score (nSPS) is 19.2. The molecule has 126 valence electrons. The smallest absolute Gasteiger partial charge is 0.220 e. The third-order valence-electron chi connectivity index (χ3n) is 4.23. The van der Waals surface area contributed by atoms with E-state index >= 15 is 0 Å². The molecule has 0 saturated heterocycles. The van der Waals surface area contributed by atoms with Gasteiger partial charge in [-0.15, -0.1) is 0 Å². The number of carbonyl (C=O) groups is 2. The molecular weight excluding hydrogens is 290 g/mol. The van der Waals surface area contributed by atoms with E-state index in [9.17, 15) is 9.59 Å². The molecule has 1 fully saturated rings. The molecule has 4 heteroatoms. The summed E-state index contributed by atoms with van der Waals surface area (Å²) in [5.41, 5.74) is 0.637. The Morgan fingerprint density at radius 1 is 1.17 bits per heavy atom. The van der Waals surface area contributed by atoms with Gasteiger partial charge >= 0.3 is 0 Å². The Morgan fingerprint density at radius 2 is 1.87 bits per heavy atom. The quantitative estimate of drug-likeness (QED) is 0.528. The molecule has 2 atom stereocenters. The molecule has 1 aromatic carbocycles. The van der Waals surface area contributed by atoms with Crippen molar-refractivity contribution < 1.29 is 14.3 Å². The van der Waals surface area contributed by atoms with Crippen LogP contribution in [-0.2, 0) is 4.79 Å². The number of unbranched alkanes of at least 4 members (excludes halogenated alkanes) is 2. The van der Waals surface area contributed by atoms with E-state index in [0.717, 1.165) is 25.0 Å². The Morgan fingerprint density at radius 3 is 2.48 bits per heavy atom. The molecule has 1 aliphatic rings. The van der Waals surface area contributed by atoms with Crippen molar-refractivity contribution in [2.24, 2.45) is 5.92 Å². The number of hydrogen-bond donors (Lipinski definition) is 1. The molecule has 0 heterocycles. The average Bonchev–Trinajstić information content (AvgIpc) is 3.24. The number of carbonyl (C=O) groups excluding carboxylic acids is 2. The van der Waals surface area contributed by atoms with Crippen molar-refractivity contribution in [2.75, 3.05) is 6.61 Å². The summed E-state index contributed by atoms with van der Waals surface area (Å²) < 4.78 is 5.63. The number of rotatable bonds is 10. The van der Waals surface area contributed by atoms with E-state index in [1.165, 1.54) is 6.42 Å². The Hall–Kier alpha value is -1.84. The van der Waals surface area contributed by atoms with Gasteiger partial charge in [-0.3, -0.25) is 9.59 Å². The number of Topliss-reactive ketones (excluding diaryl/α,β-unsaturated/α-hetero) is 1. The lowest BCUT2D eigenvalue weighted by molar-refractivity contribution is -0.121. The first-order valence-electron chi connectivity index (χ1n) is 8.65. The van der Waals surface area contributed by atoms with Gasteiger partial charge in [-0.2, -0.15) is 0 Å². The van der Waals surface area contributed by atoms with Crippen LogP contribution in [0.5, 0.6) is 5.75 Å². The van der Waals surface area contributed by atoms with Gasteiger partial charge in [0.15, 0.2) is 5.78 Å². The number of hydrogen-bond acceptors (Lipinski definition) is 3. The Balaban J connectivity index is 1.70. The number of benzene rings is 1. The standard InChI is InChI=1S/C19H27NO3/c1-3-4-5-12-23-16-8-6-15(7-9-16)18(21)10-11-19(22)20-17-13-14(17)2/h6-9,14,17H,3-5,10-13H2,1-2H3,(H,20,22). The molecule has 0 bridgehead atoms. The van der Waals surface area contributed by atoms with E-state index in [4.69, 9.17) is 4.74 Å². The summed E-state index contributed by atoms with van der Waals surface area (Å²) in [7, 11) is 0. The van der Waals surface area contributed by atoms with Gasteiger partial charge in [0, 0.05) is 24.4 Å². The highest BCUT2D eigenvalue weighted by Crippen LogP contribution is 2.29. The number of amides is 1. The van der Waals surface area contributed by atoms with E-state index in [1.807, 2.05) is 12.1 Å². The molecule has 0 aromatic heterocycles. The molecule has 0 spiro atoms. The zero-order valence-electron chi connectivity index (χ0n) is 14.1. The second-order valence-electron chi connectivity index (χ2n) is 6.39. The highest BCUT2D eigenvalue weighted by atomic mass is 16.5. The SMILES string of the molecule is CCCCCOc1ccc(C(=O)CCC(=O)NC2CC2C)cc1. The number of nitrogens with one attached hydrogen (secondary N) is 1. The minimum atomic E-state index is -0.0245. The predicted octanol–water partition coefficient (Wildman–Crippen LogP) is 3.74. The maximum atomic E-state index is 12.1. The molecule has 1 saturated carbocycles. The second-order valence-corrected chi connectivity index (χ2v) is 6.39. The lowest BCUT2D eigenvalue weighted by atomic mass is 10.1. The predicted molar refractivity (Wildman–Crippen MR) is 90.7 cm³/mol. The zero-order valence-corrected chi connectivity index (χ0v) is 14.1. The summed E-state index contributed by atoms with van der Waals surface area (Å²) in [5.74, 6) is 1.35. The van der Waals surface area contributed by atoms with Crippen molar-refractivity contribution in [1.82, 2.24) is 5.32 Å². The van der Waals surface area contributed by atoms with Crippen LogP contribution < -0.4 is 10.1 Å². The van der Waals surface area contributed by atoms with Gasteiger partial charge in [0.1, 0.15) is 5.75 Å². The first kappa shape index (κ1) is 17.5. The van der Waals surface area contributed by atoms with E-state index in [1.54, 1.807) is 12.1 Å². The molecular formula is C19H27NO3. The van der Waals surface area contributed by atoms with E-state index < -0.39 is 0 Å². The molecule has 4 nitrogen and oxygen atoms in total. The Bertz CT molecular complexity index is 524. The summed E-state index contributed by atoms with van der Waals surface area (Å²) >= 11 is 0. The van der Waals surface area contributed by atoms with Crippen molar-refractivity contribution in [3.63, 3.8) is 0 Å². The first-order valence-corrected chi connectivity index (χ1v) is 8.65. The molecule has 1 N–H and O–H groups in total. The van der Waals surface area contributed by atoms with Crippen molar-refractivity contribution >= 4 is 11.7 Å². The van der Waals surface area contributed by atoms with E-state index in [-0.39, 0.29) is 24.5 Å². The van der Waals surface area contributed by atoms with Crippen LogP contribution in [0.1, 0.15) is 62.7 Å². The van der Waals surface area contributed by atoms with Gasteiger partial charge < -0.3 is 10.1 Å². The highest BCUT2D eigenvalue weighted by molar-refractivity contribution is 5.98. The van der Waals surface area contributed by atoms with Gasteiger partial charge in [0.2, 0.25) is 5.91 Å². The van der Waals surface area contributed by atoms with Gasteiger partial charge in [-0.25, -0.2) is 0 Å². The summed E-state index contributed by atoms with van der Waals surface area (Å²) in [6, 6.07) is 7.52. The molecule has 2 unspecified atom stereocenters. The molecule has 1 amide bonds. The fraction of sp³-hybridized carbons (Fsp3) is 0.579. The lowest BCUT2D eigenvalue weighted by Crippen LogP contribution is -2.26. The maximum absolute atomic E-state index is 12.1. The van der Waals surface area contributed by atoms with E-state index in [2.05, 4.69) is 19.2 Å². The van der Waals surface area contributed by atoms with Crippen molar-refractivity contribution in [3.05, 3.63) is 29.8 Å². The molecule has 1 aromatic rings. The van der Waals surface area contributed by atoms with Crippen LogP contribution in [0.3, 0.4) is 0 Å². The van der Waals surface area contributed by atoms with Crippen molar-refractivity contribution in [1.29, 1.82) is 0 Å². The molecule has 1 aliphatic carbocycles. The minimum Gasteiger partial charge on any atom is -0.494 e. The number of ether oxygens (including phenoxy) is 1. The fourth-order valence-electron chi connectivity index (χ4n) is 2.45. The van der Waals surface area contributed by atoms with Gasteiger partial charge in [0.05, 0.1) is 6.61 Å². The average molecular weight is 317 g/mol. The maximum Gasteiger partial charge on any atom is 0.220 e. The minimum absolute atomic E-state index is 0.00142. The molecule has 0 aliphatic heterocycles. The molecule has 23 heavy (non-hydrogen) atoms. The molecule has 0 radical (unpaired) electrons. The van der Waals surface area contributed by atoms with Crippen LogP contribution >= 0.6 is 0 Å². The van der Waals surface area contributed by atoms with Crippen LogP contribution in [0, 0.1) is 5.92 Å². The fourth-order valence-corrected chi connectivity index (χ4v) is 2.45. The third-order valence-corrected chi connectivity index (χ3v) is 4.23. The highest BCUT2D eigenvalue weighted by Gasteiger charge is 2.33. The lowest BCUT2D eigenvalue weighted by Gasteiger charge is -2.07. The Kier molecular flexibility index (Phi) is 6.63. The topological polar surface area (TPSA) is 55.4 Å². The Labute approximate surface area is 138 Å². The molecule has 2 rings (SSSR count). The van der Waals surface area contributed by atoms with Gasteiger partial charge in [-0.05, 0) is 43.0 Å². The summed E-state index contributed by atoms with van der Waals surface area (Å²) in [4.78, 5) is 23.8. The summed E-state index contributed by atoms with van der Waals surface area (Å²) in [6.07, 6.45) is 4.95. The van der Waals surface area contributed by atoms with Crippen molar-refractivity contribution in [3.8, 4) is 5.75 Å². The summed E-state index contributed by atoms with van der Waals surface area (Å²) in [6.45, 7) is 4.98.